The highest BCUT2D eigenvalue weighted by molar-refractivity contribution is 5.94. The van der Waals surface area contributed by atoms with Crippen molar-refractivity contribution in [2.45, 2.75) is 30.9 Å². The molecule has 2 aliphatic rings. The van der Waals surface area contributed by atoms with Gasteiger partial charge in [0.1, 0.15) is 5.60 Å². The molecule has 142 valence electrons. The second kappa shape index (κ2) is 7.37. The Balaban J connectivity index is 1.63. The standard InChI is InChI=1S/C21H24FN3O2/c22-18-14-23-10-8-17(18)20(26)25-13-9-21(27,16-6-2-1-3-7-16)19(15-25)24-11-4-5-12-24/h1-3,6-8,10,14,19,27H,4-5,9,11-13,15H2/t19-,21+/m1/s1. The summed E-state index contributed by atoms with van der Waals surface area (Å²) in [4.78, 5) is 20.5. The summed E-state index contributed by atoms with van der Waals surface area (Å²) >= 11 is 0. The van der Waals surface area contributed by atoms with Crippen molar-refractivity contribution < 1.29 is 14.3 Å². The maximum atomic E-state index is 14.0. The first-order chi connectivity index (χ1) is 13.1. The lowest BCUT2D eigenvalue weighted by Crippen LogP contribution is -2.61. The van der Waals surface area contributed by atoms with Gasteiger partial charge in [0, 0.05) is 19.3 Å². The molecule has 1 aromatic carbocycles. The molecule has 1 amide bonds. The fourth-order valence-corrected chi connectivity index (χ4v) is 4.36. The highest BCUT2D eigenvalue weighted by atomic mass is 19.1. The molecule has 27 heavy (non-hydrogen) atoms. The summed E-state index contributed by atoms with van der Waals surface area (Å²) in [5, 5.41) is 11.6. The molecule has 3 heterocycles. The van der Waals surface area contributed by atoms with E-state index in [-0.39, 0.29) is 17.5 Å². The topological polar surface area (TPSA) is 56.7 Å². The zero-order chi connectivity index (χ0) is 18.9. The highest BCUT2D eigenvalue weighted by Gasteiger charge is 2.47. The SMILES string of the molecule is O=C(c1ccncc1F)N1CC[C@](O)(c2ccccc2)[C@H](N2CCCC2)C1. The van der Waals surface area contributed by atoms with Gasteiger partial charge in [-0.1, -0.05) is 30.3 Å². The third kappa shape index (κ3) is 3.35. The van der Waals surface area contributed by atoms with Gasteiger partial charge in [-0.25, -0.2) is 4.39 Å². The van der Waals surface area contributed by atoms with Gasteiger partial charge in [-0.05, 0) is 44.0 Å². The normalized spacial score (nSPS) is 26.3. The summed E-state index contributed by atoms with van der Waals surface area (Å²) in [6, 6.07) is 10.9. The molecule has 2 atom stereocenters. The Labute approximate surface area is 158 Å². The van der Waals surface area contributed by atoms with Crippen molar-refractivity contribution in [3.8, 4) is 0 Å². The highest BCUT2D eigenvalue weighted by Crippen LogP contribution is 2.37. The van der Waals surface area contributed by atoms with E-state index in [1.54, 1.807) is 4.90 Å². The van der Waals surface area contributed by atoms with Crippen LogP contribution in [0.2, 0.25) is 0 Å². The number of likely N-dealkylation sites (tertiary alicyclic amines) is 2. The molecule has 6 heteroatoms. The number of aliphatic hydroxyl groups is 1. The molecule has 2 fully saturated rings. The van der Waals surface area contributed by atoms with E-state index in [1.165, 1.54) is 12.3 Å². The average Bonchev–Trinajstić information content (AvgIpc) is 3.23. The largest absolute Gasteiger partial charge is 0.383 e. The molecule has 0 spiro atoms. The molecule has 1 N–H and O–H groups in total. The third-order valence-corrected chi connectivity index (χ3v) is 5.85. The molecular weight excluding hydrogens is 345 g/mol. The van der Waals surface area contributed by atoms with Crippen molar-refractivity contribution in [2.24, 2.45) is 0 Å². The number of rotatable bonds is 3. The monoisotopic (exact) mass is 369 g/mol. The molecule has 0 saturated carbocycles. The van der Waals surface area contributed by atoms with Gasteiger partial charge in [-0.15, -0.1) is 0 Å². The van der Waals surface area contributed by atoms with Crippen LogP contribution in [-0.4, -0.2) is 58.0 Å². The lowest BCUT2D eigenvalue weighted by Gasteiger charge is -2.48. The molecule has 5 nitrogen and oxygen atoms in total. The van der Waals surface area contributed by atoms with Crippen LogP contribution in [0.1, 0.15) is 35.2 Å². The van der Waals surface area contributed by atoms with Crippen molar-refractivity contribution in [3.63, 3.8) is 0 Å². The molecule has 1 aromatic heterocycles. The minimum atomic E-state index is -1.01. The summed E-state index contributed by atoms with van der Waals surface area (Å²) in [6.07, 6.45) is 5.10. The van der Waals surface area contributed by atoms with E-state index in [4.69, 9.17) is 0 Å². The number of amides is 1. The van der Waals surface area contributed by atoms with Crippen LogP contribution in [0.4, 0.5) is 4.39 Å². The first-order valence-corrected chi connectivity index (χ1v) is 9.50. The summed E-state index contributed by atoms with van der Waals surface area (Å²) in [5.41, 5.74) is -0.0986. The molecule has 0 bridgehead atoms. The summed E-state index contributed by atoms with van der Waals surface area (Å²) in [7, 11) is 0. The van der Waals surface area contributed by atoms with Gasteiger partial charge < -0.3 is 10.0 Å². The van der Waals surface area contributed by atoms with Gasteiger partial charge >= 0.3 is 0 Å². The Bertz CT molecular complexity index is 810. The van der Waals surface area contributed by atoms with Crippen LogP contribution in [0.15, 0.2) is 48.8 Å². The maximum absolute atomic E-state index is 14.0. The molecule has 2 saturated heterocycles. The van der Waals surface area contributed by atoms with Crippen molar-refractivity contribution in [2.75, 3.05) is 26.2 Å². The Kier molecular flexibility index (Phi) is 4.93. The molecule has 2 aliphatic heterocycles. The predicted molar refractivity (Wildman–Crippen MR) is 99.6 cm³/mol. The molecule has 0 unspecified atom stereocenters. The fraction of sp³-hybridized carbons (Fsp3) is 0.429. The maximum Gasteiger partial charge on any atom is 0.257 e. The second-order valence-electron chi connectivity index (χ2n) is 7.41. The number of piperidine rings is 1. The van der Waals surface area contributed by atoms with Crippen LogP contribution in [0.5, 0.6) is 0 Å². The number of pyridine rings is 1. The number of benzene rings is 1. The summed E-state index contributed by atoms with van der Waals surface area (Å²) in [5.74, 6) is -0.946. The van der Waals surface area contributed by atoms with Gasteiger partial charge in [0.15, 0.2) is 5.82 Å². The molecule has 0 aliphatic carbocycles. The van der Waals surface area contributed by atoms with E-state index in [1.807, 2.05) is 30.3 Å². The van der Waals surface area contributed by atoms with E-state index in [2.05, 4.69) is 9.88 Å². The first kappa shape index (κ1) is 18.1. The Hall–Kier alpha value is -2.31. The zero-order valence-electron chi connectivity index (χ0n) is 15.2. The second-order valence-corrected chi connectivity index (χ2v) is 7.41. The van der Waals surface area contributed by atoms with Crippen LogP contribution < -0.4 is 0 Å². The van der Waals surface area contributed by atoms with Gasteiger partial charge in [-0.2, -0.15) is 0 Å². The van der Waals surface area contributed by atoms with E-state index >= 15 is 0 Å². The predicted octanol–water partition coefficient (Wildman–Crippen LogP) is 2.42. The molecule has 0 radical (unpaired) electrons. The number of nitrogens with zero attached hydrogens (tertiary/aromatic N) is 3. The van der Waals surface area contributed by atoms with Gasteiger partial charge in [0.2, 0.25) is 0 Å². The van der Waals surface area contributed by atoms with E-state index in [0.717, 1.165) is 37.7 Å². The van der Waals surface area contributed by atoms with Crippen LogP contribution >= 0.6 is 0 Å². The number of carbonyl (C=O) groups is 1. The molecular formula is C21H24FN3O2. The van der Waals surface area contributed by atoms with E-state index < -0.39 is 11.4 Å². The smallest absolute Gasteiger partial charge is 0.257 e. The van der Waals surface area contributed by atoms with Gasteiger partial charge in [0.05, 0.1) is 17.8 Å². The van der Waals surface area contributed by atoms with Gasteiger partial charge in [0.25, 0.3) is 5.91 Å². The van der Waals surface area contributed by atoms with Gasteiger partial charge in [-0.3, -0.25) is 14.7 Å². The average molecular weight is 369 g/mol. The number of carbonyl (C=O) groups excluding carboxylic acids is 1. The fourth-order valence-electron chi connectivity index (χ4n) is 4.36. The van der Waals surface area contributed by atoms with Crippen LogP contribution in [0.25, 0.3) is 0 Å². The van der Waals surface area contributed by atoms with Crippen molar-refractivity contribution in [1.82, 2.24) is 14.8 Å². The number of hydrogen-bond acceptors (Lipinski definition) is 4. The Morgan fingerprint density at radius 3 is 2.59 bits per heavy atom. The van der Waals surface area contributed by atoms with Crippen LogP contribution in [0.3, 0.4) is 0 Å². The van der Waals surface area contributed by atoms with E-state index in [9.17, 15) is 14.3 Å². The van der Waals surface area contributed by atoms with Crippen LogP contribution in [0, 0.1) is 5.82 Å². The third-order valence-electron chi connectivity index (χ3n) is 5.85. The molecule has 4 rings (SSSR count). The van der Waals surface area contributed by atoms with Crippen LogP contribution in [-0.2, 0) is 5.60 Å². The Morgan fingerprint density at radius 2 is 1.89 bits per heavy atom. The van der Waals surface area contributed by atoms with E-state index in [0.29, 0.717) is 19.5 Å². The minimum absolute atomic E-state index is 0.0373. The van der Waals surface area contributed by atoms with Crippen molar-refractivity contribution in [1.29, 1.82) is 0 Å². The minimum Gasteiger partial charge on any atom is -0.383 e. The number of halogens is 1. The quantitative estimate of drug-likeness (QED) is 0.903. The summed E-state index contributed by atoms with van der Waals surface area (Å²) in [6.45, 7) is 2.58. The lowest BCUT2D eigenvalue weighted by atomic mass is 9.79. The molecule has 2 aromatic rings. The van der Waals surface area contributed by atoms with Crippen molar-refractivity contribution >= 4 is 5.91 Å². The number of aromatic nitrogens is 1. The zero-order valence-corrected chi connectivity index (χ0v) is 15.2. The number of hydrogen-bond donors (Lipinski definition) is 1. The summed E-state index contributed by atoms with van der Waals surface area (Å²) < 4.78 is 14.0. The van der Waals surface area contributed by atoms with Crippen molar-refractivity contribution in [3.05, 3.63) is 65.7 Å². The lowest BCUT2D eigenvalue weighted by molar-refractivity contribution is -0.0878. The Morgan fingerprint density at radius 1 is 1.15 bits per heavy atom. The first-order valence-electron chi connectivity index (χ1n) is 9.50.